The van der Waals surface area contributed by atoms with Gasteiger partial charge in [-0.2, -0.15) is 9.90 Å². The SMILES string of the molecule is O=C(CCCn1nnc(-c2ccccc2)n1)NCc1cnn(-c2ccccc2)c1. The number of carbonyl (C=O) groups excluding carboxylic acids is 1. The van der Waals surface area contributed by atoms with Gasteiger partial charge in [-0.15, -0.1) is 10.2 Å². The molecule has 1 N–H and O–H groups in total. The number of hydrogen-bond acceptors (Lipinski definition) is 5. The Hall–Kier alpha value is -3.81. The summed E-state index contributed by atoms with van der Waals surface area (Å²) in [6, 6.07) is 19.5. The van der Waals surface area contributed by atoms with E-state index in [9.17, 15) is 4.79 Å². The van der Waals surface area contributed by atoms with E-state index in [0.717, 1.165) is 16.8 Å². The minimum absolute atomic E-state index is 0.0131. The maximum absolute atomic E-state index is 12.1. The zero-order valence-corrected chi connectivity index (χ0v) is 15.8. The van der Waals surface area contributed by atoms with Gasteiger partial charge in [-0.05, 0) is 23.8 Å². The number of aryl methyl sites for hydroxylation is 1. The lowest BCUT2D eigenvalue weighted by Crippen LogP contribution is -2.22. The van der Waals surface area contributed by atoms with Crippen LogP contribution in [0.1, 0.15) is 18.4 Å². The van der Waals surface area contributed by atoms with E-state index in [-0.39, 0.29) is 5.91 Å². The minimum Gasteiger partial charge on any atom is -0.352 e. The Morgan fingerprint density at radius 1 is 1.00 bits per heavy atom. The molecule has 0 fully saturated rings. The smallest absolute Gasteiger partial charge is 0.220 e. The fraction of sp³-hybridized carbons (Fsp3) is 0.190. The van der Waals surface area contributed by atoms with E-state index in [1.807, 2.05) is 66.9 Å². The van der Waals surface area contributed by atoms with Crippen LogP contribution in [0.2, 0.25) is 0 Å². The second-order valence-electron chi connectivity index (χ2n) is 6.58. The third kappa shape index (κ3) is 4.92. The molecule has 29 heavy (non-hydrogen) atoms. The first-order chi connectivity index (χ1) is 14.3. The van der Waals surface area contributed by atoms with Crippen molar-refractivity contribution in [3.8, 4) is 17.1 Å². The summed E-state index contributed by atoms with van der Waals surface area (Å²) in [4.78, 5) is 13.6. The quantitative estimate of drug-likeness (QED) is 0.502. The number of nitrogens with zero attached hydrogens (tertiary/aromatic N) is 6. The van der Waals surface area contributed by atoms with Crippen LogP contribution in [0.4, 0.5) is 0 Å². The molecule has 2 heterocycles. The van der Waals surface area contributed by atoms with Gasteiger partial charge in [0.05, 0.1) is 18.4 Å². The van der Waals surface area contributed by atoms with Crippen LogP contribution >= 0.6 is 0 Å². The van der Waals surface area contributed by atoms with Crippen molar-refractivity contribution in [1.29, 1.82) is 0 Å². The predicted octanol–water partition coefficient (Wildman–Crippen LogP) is 2.62. The highest BCUT2D eigenvalue weighted by atomic mass is 16.1. The Bertz CT molecular complexity index is 1060. The van der Waals surface area contributed by atoms with Crippen LogP contribution in [-0.4, -0.2) is 35.9 Å². The molecular weight excluding hydrogens is 366 g/mol. The second-order valence-corrected chi connectivity index (χ2v) is 6.58. The first kappa shape index (κ1) is 18.5. The van der Waals surface area contributed by atoms with E-state index in [1.54, 1.807) is 10.9 Å². The van der Waals surface area contributed by atoms with Gasteiger partial charge >= 0.3 is 0 Å². The topological polar surface area (TPSA) is 90.5 Å². The number of tetrazole rings is 1. The van der Waals surface area contributed by atoms with Crippen molar-refractivity contribution < 1.29 is 4.79 Å². The van der Waals surface area contributed by atoms with Gasteiger partial charge in [0.2, 0.25) is 11.7 Å². The lowest BCUT2D eigenvalue weighted by Gasteiger charge is -2.03. The number of hydrogen-bond donors (Lipinski definition) is 1. The molecule has 0 aliphatic heterocycles. The summed E-state index contributed by atoms with van der Waals surface area (Å²) in [5, 5.41) is 19.7. The Labute approximate surface area is 168 Å². The molecule has 8 heteroatoms. The van der Waals surface area contributed by atoms with Crippen molar-refractivity contribution >= 4 is 5.91 Å². The monoisotopic (exact) mass is 387 g/mol. The van der Waals surface area contributed by atoms with Gasteiger partial charge < -0.3 is 5.32 Å². The molecule has 8 nitrogen and oxygen atoms in total. The molecule has 0 saturated heterocycles. The van der Waals surface area contributed by atoms with Gasteiger partial charge in [0.1, 0.15) is 0 Å². The van der Waals surface area contributed by atoms with Gasteiger partial charge in [0.25, 0.3) is 0 Å². The van der Waals surface area contributed by atoms with Gasteiger partial charge in [0.15, 0.2) is 0 Å². The lowest BCUT2D eigenvalue weighted by atomic mass is 10.2. The van der Waals surface area contributed by atoms with Gasteiger partial charge in [-0.25, -0.2) is 4.68 Å². The lowest BCUT2D eigenvalue weighted by molar-refractivity contribution is -0.121. The van der Waals surface area contributed by atoms with Gasteiger partial charge in [-0.3, -0.25) is 4.79 Å². The molecule has 0 aliphatic rings. The van der Waals surface area contributed by atoms with E-state index in [1.165, 1.54) is 4.80 Å². The highest BCUT2D eigenvalue weighted by molar-refractivity contribution is 5.75. The summed E-state index contributed by atoms with van der Waals surface area (Å²) < 4.78 is 1.79. The number of rotatable bonds is 8. The number of aromatic nitrogens is 6. The maximum atomic E-state index is 12.1. The van der Waals surface area contributed by atoms with Crippen LogP contribution in [0.15, 0.2) is 73.1 Å². The van der Waals surface area contributed by atoms with Crippen molar-refractivity contribution in [3.05, 3.63) is 78.6 Å². The normalized spacial score (nSPS) is 10.8. The maximum Gasteiger partial charge on any atom is 0.220 e. The van der Waals surface area contributed by atoms with Crippen LogP contribution in [0.25, 0.3) is 17.1 Å². The molecule has 0 aliphatic carbocycles. The second kappa shape index (κ2) is 8.92. The molecule has 0 bridgehead atoms. The molecule has 0 radical (unpaired) electrons. The Balaban J connectivity index is 1.21. The molecule has 2 aromatic heterocycles. The molecule has 1 amide bonds. The van der Waals surface area contributed by atoms with Crippen molar-refractivity contribution in [2.24, 2.45) is 0 Å². The molecule has 0 saturated carbocycles. The molecule has 2 aromatic carbocycles. The first-order valence-electron chi connectivity index (χ1n) is 9.47. The van der Waals surface area contributed by atoms with Crippen LogP contribution < -0.4 is 5.32 Å². The summed E-state index contributed by atoms with van der Waals surface area (Å²) in [5.74, 6) is 0.575. The predicted molar refractivity (Wildman–Crippen MR) is 108 cm³/mol. The van der Waals surface area contributed by atoms with E-state index >= 15 is 0 Å². The third-order valence-corrected chi connectivity index (χ3v) is 4.39. The van der Waals surface area contributed by atoms with Crippen molar-refractivity contribution in [2.75, 3.05) is 0 Å². The third-order valence-electron chi connectivity index (χ3n) is 4.39. The van der Waals surface area contributed by atoms with Gasteiger partial charge in [-0.1, -0.05) is 48.5 Å². The van der Waals surface area contributed by atoms with E-state index in [2.05, 4.69) is 25.8 Å². The summed E-state index contributed by atoms with van der Waals surface area (Å²) >= 11 is 0. The van der Waals surface area contributed by atoms with Crippen molar-refractivity contribution in [1.82, 2.24) is 35.3 Å². The number of carbonyl (C=O) groups is 1. The number of nitrogens with one attached hydrogen (secondary N) is 1. The molecule has 0 spiro atoms. The summed E-state index contributed by atoms with van der Waals surface area (Å²) in [6.07, 6.45) is 4.71. The Morgan fingerprint density at radius 3 is 2.55 bits per heavy atom. The molecule has 0 atom stereocenters. The van der Waals surface area contributed by atoms with Crippen LogP contribution in [0, 0.1) is 0 Å². The number of amides is 1. The minimum atomic E-state index is -0.0131. The van der Waals surface area contributed by atoms with Crippen LogP contribution in [-0.2, 0) is 17.9 Å². The van der Waals surface area contributed by atoms with Crippen molar-refractivity contribution in [2.45, 2.75) is 25.9 Å². The van der Waals surface area contributed by atoms with Crippen LogP contribution in [0.5, 0.6) is 0 Å². The van der Waals surface area contributed by atoms with E-state index in [4.69, 9.17) is 0 Å². The molecular formula is C21H21N7O. The summed E-state index contributed by atoms with van der Waals surface area (Å²) in [5.41, 5.74) is 2.86. The average Bonchev–Trinajstić information content (AvgIpc) is 3.44. The fourth-order valence-electron chi connectivity index (χ4n) is 2.88. The Kier molecular flexibility index (Phi) is 5.70. The van der Waals surface area contributed by atoms with E-state index in [0.29, 0.717) is 31.8 Å². The number of benzene rings is 2. The van der Waals surface area contributed by atoms with Crippen LogP contribution in [0.3, 0.4) is 0 Å². The molecule has 4 rings (SSSR count). The molecule has 4 aromatic rings. The highest BCUT2D eigenvalue weighted by Crippen LogP contribution is 2.12. The zero-order chi connectivity index (χ0) is 19.9. The summed E-state index contributed by atoms with van der Waals surface area (Å²) in [6.45, 7) is 0.991. The highest BCUT2D eigenvalue weighted by Gasteiger charge is 2.07. The summed E-state index contributed by atoms with van der Waals surface area (Å²) in [7, 11) is 0. The first-order valence-corrected chi connectivity index (χ1v) is 9.47. The molecule has 0 unspecified atom stereocenters. The largest absolute Gasteiger partial charge is 0.352 e. The van der Waals surface area contributed by atoms with Crippen molar-refractivity contribution in [3.63, 3.8) is 0 Å². The fourth-order valence-corrected chi connectivity index (χ4v) is 2.88. The average molecular weight is 387 g/mol. The standard InChI is InChI=1S/C21H21N7O/c29-20(22-14-17-15-23-27(16-17)19-10-5-2-6-11-19)12-7-13-28-25-21(24-26-28)18-8-3-1-4-9-18/h1-6,8-11,15-16H,7,12-14H2,(H,22,29). The van der Waals surface area contributed by atoms with E-state index < -0.39 is 0 Å². The van der Waals surface area contributed by atoms with Gasteiger partial charge in [0, 0.05) is 30.3 Å². The zero-order valence-electron chi connectivity index (χ0n) is 15.8. The molecule has 146 valence electrons. The Morgan fingerprint density at radius 2 is 1.76 bits per heavy atom. The number of para-hydroxylation sites is 1.